The first-order valence-electron chi connectivity index (χ1n) is 5.96. The Morgan fingerprint density at radius 2 is 2.26 bits per heavy atom. The van der Waals surface area contributed by atoms with Gasteiger partial charge in [-0.3, -0.25) is 0 Å². The van der Waals surface area contributed by atoms with Gasteiger partial charge in [0.25, 0.3) is 0 Å². The van der Waals surface area contributed by atoms with Gasteiger partial charge < -0.3 is 14.6 Å². The molecule has 1 N–H and O–H groups in total. The van der Waals surface area contributed by atoms with E-state index in [1.54, 1.807) is 14.0 Å². The van der Waals surface area contributed by atoms with Crippen LogP contribution >= 0.6 is 15.9 Å². The lowest BCUT2D eigenvalue weighted by atomic mass is 10.1. The van der Waals surface area contributed by atoms with Crippen LogP contribution in [0, 0.1) is 6.92 Å². The van der Waals surface area contributed by atoms with E-state index < -0.39 is 0 Å². The summed E-state index contributed by atoms with van der Waals surface area (Å²) in [4.78, 5) is 4.15. The summed E-state index contributed by atoms with van der Waals surface area (Å²) in [5, 5.41) is 7.20. The molecular formula is C13H16BrN3O2. The number of aryl methyl sites for hydroxylation is 1. The standard InChI is InChI=1S/C13H16BrN3O2/c1-8(15-7-13-16-9(2)19-17-13)10-4-5-12(18-3)11(14)6-10/h4-6,8,15H,7H2,1-3H3/t8-/m1/s1. The number of halogens is 1. The van der Waals surface area contributed by atoms with Crippen LogP contribution in [0.25, 0.3) is 0 Å². The van der Waals surface area contributed by atoms with Crippen molar-refractivity contribution in [3.63, 3.8) is 0 Å². The van der Waals surface area contributed by atoms with Gasteiger partial charge in [-0.2, -0.15) is 4.98 Å². The molecule has 0 saturated heterocycles. The van der Waals surface area contributed by atoms with Gasteiger partial charge in [0.2, 0.25) is 5.89 Å². The van der Waals surface area contributed by atoms with E-state index in [1.165, 1.54) is 0 Å². The Balaban J connectivity index is 1.99. The summed E-state index contributed by atoms with van der Waals surface area (Å²) < 4.78 is 11.1. The third-order valence-corrected chi connectivity index (χ3v) is 3.43. The third kappa shape index (κ3) is 3.54. The molecule has 0 unspecified atom stereocenters. The van der Waals surface area contributed by atoms with Crippen LogP contribution in [-0.2, 0) is 6.54 Å². The van der Waals surface area contributed by atoms with Gasteiger partial charge in [-0.1, -0.05) is 11.2 Å². The van der Waals surface area contributed by atoms with Crippen LogP contribution in [0.4, 0.5) is 0 Å². The van der Waals surface area contributed by atoms with Gasteiger partial charge in [0.05, 0.1) is 18.1 Å². The molecule has 0 saturated carbocycles. The van der Waals surface area contributed by atoms with E-state index in [0.717, 1.165) is 15.8 Å². The number of methoxy groups -OCH3 is 1. The van der Waals surface area contributed by atoms with Gasteiger partial charge >= 0.3 is 0 Å². The van der Waals surface area contributed by atoms with Gasteiger partial charge in [-0.25, -0.2) is 0 Å². The van der Waals surface area contributed by atoms with Crippen molar-refractivity contribution in [1.29, 1.82) is 0 Å². The Morgan fingerprint density at radius 1 is 1.47 bits per heavy atom. The number of nitrogens with one attached hydrogen (secondary N) is 1. The minimum Gasteiger partial charge on any atom is -0.496 e. The molecule has 0 aliphatic rings. The van der Waals surface area contributed by atoms with Crippen LogP contribution in [0.1, 0.15) is 30.2 Å². The summed E-state index contributed by atoms with van der Waals surface area (Å²) in [5.74, 6) is 2.07. The van der Waals surface area contributed by atoms with Crippen LogP contribution in [0.2, 0.25) is 0 Å². The zero-order chi connectivity index (χ0) is 13.8. The monoisotopic (exact) mass is 325 g/mol. The highest BCUT2D eigenvalue weighted by Crippen LogP contribution is 2.27. The Bertz CT molecular complexity index is 557. The first kappa shape index (κ1) is 14.0. The maximum Gasteiger partial charge on any atom is 0.223 e. The molecule has 1 heterocycles. The predicted molar refractivity (Wildman–Crippen MR) is 75.0 cm³/mol. The molecule has 0 spiro atoms. The lowest BCUT2D eigenvalue weighted by Gasteiger charge is -2.14. The van der Waals surface area contributed by atoms with Crippen molar-refractivity contribution >= 4 is 15.9 Å². The van der Waals surface area contributed by atoms with E-state index >= 15 is 0 Å². The summed E-state index contributed by atoms with van der Waals surface area (Å²) in [6.45, 7) is 4.43. The Hall–Kier alpha value is -1.40. The highest BCUT2D eigenvalue weighted by Gasteiger charge is 2.09. The van der Waals surface area contributed by atoms with Crippen LogP contribution in [0.5, 0.6) is 5.75 Å². The Labute approximate surface area is 120 Å². The minimum absolute atomic E-state index is 0.181. The molecule has 0 aliphatic heterocycles. The Kier molecular flexibility index (Phi) is 4.55. The summed E-state index contributed by atoms with van der Waals surface area (Å²) >= 11 is 3.48. The smallest absolute Gasteiger partial charge is 0.223 e. The largest absolute Gasteiger partial charge is 0.496 e. The van der Waals surface area contributed by atoms with Crippen LogP contribution < -0.4 is 10.1 Å². The molecule has 1 atom stereocenters. The molecule has 0 fully saturated rings. The maximum absolute atomic E-state index is 5.21. The highest BCUT2D eigenvalue weighted by atomic mass is 79.9. The summed E-state index contributed by atoms with van der Waals surface area (Å²) in [5.41, 5.74) is 1.16. The van der Waals surface area contributed by atoms with E-state index in [2.05, 4.69) is 38.3 Å². The molecule has 0 amide bonds. The second kappa shape index (κ2) is 6.16. The van der Waals surface area contributed by atoms with Crippen molar-refractivity contribution in [2.75, 3.05) is 7.11 Å². The van der Waals surface area contributed by atoms with Crippen molar-refractivity contribution in [2.24, 2.45) is 0 Å². The van der Waals surface area contributed by atoms with E-state index in [9.17, 15) is 0 Å². The van der Waals surface area contributed by atoms with Crippen molar-refractivity contribution in [2.45, 2.75) is 26.4 Å². The molecule has 6 heteroatoms. The van der Waals surface area contributed by atoms with E-state index in [0.29, 0.717) is 18.3 Å². The average Bonchev–Trinajstić information content (AvgIpc) is 2.81. The fourth-order valence-electron chi connectivity index (χ4n) is 1.73. The van der Waals surface area contributed by atoms with Crippen LogP contribution in [-0.4, -0.2) is 17.3 Å². The highest BCUT2D eigenvalue weighted by molar-refractivity contribution is 9.10. The van der Waals surface area contributed by atoms with Gasteiger partial charge in [0, 0.05) is 13.0 Å². The molecule has 0 aliphatic carbocycles. The predicted octanol–water partition coefficient (Wildman–Crippen LogP) is 3.00. The molecule has 102 valence electrons. The average molecular weight is 326 g/mol. The second-order valence-corrected chi connectivity index (χ2v) is 5.08. The first-order valence-corrected chi connectivity index (χ1v) is 6.75. The molecule has 1 aromatic carbocycles. The fraction of sp³-hybridized carbons (Fsp3) is 0.385. The minimum atomic E-state index is 0.181. The summed E-state index contributed by atoms with van der Waals surface area (Å²) in [6, 6.07) is 6.19. The van der Waals surface area contributed by atoms with Crippen molar-refractivity contribution in [3.8, 4) is 5.75 Å². The SMILES string of the molecule is COc1ccc([C@@H](C)NCc2noc(C)n2)cc1Br. The normalized spacial score (nSPS) is 12.4. The molecule has 1 aromatic heterocycles. The lowest BCUT2D eigenvalue weighted by Crippen LogP contribution is -2.18. The first-order chi connectivity index (χ1) is 9.10. The quantitative estimate of drug-likeness (QED) is 0.915. The summed E-state index contributed by atoms with van der Waals surface area (Å²) in [7, 11) is 1.65. The Morgan fingerprint density at radius 3 is 2.84 bits per heavy atom. The van der Waals surface area contributed by atoms with Crippen LogP contribution in [0.3, 0.4) is 0 Å². The number of rotatable bonds is 5. The maximum atomic E-state index is 5.21. The van der Waals surface area contributed by atoms with Crippen molar-refractivity contribution in [3.05, 3.63) is 40.0 Å². The van der Waals surface area contributed by atoms with Crippen molar-refractivity contribution < 1.29 is 9.26 Å². The van der Waals surface area contributed by atoms with Gasteiger partial charge in [0.1, 0.15) is 5.75 Å². The number of ether oxygens (including phenoxy) is 1. The number of hydrogen-bond acceptors (Lipinski definition) is 5. The van der Waals surface area contributed by atoms with E-state index in [-0.39, 0.29) is 6.04 Å². The number of hydrogen-bond donors (Lipinski definition) is 1. The summed E-state index contributed by atoms with van der Waals surface area (Å²) in [6.07, 6.45) is 0. The van der Waals surface area contributed by atoms with E-state index in [1.807, 2.05) is 18.2 Å². The van der Waals surface area contributed by atoms with Gasteiger partial charge in [-0.05, 0) is 40.5 Å². The number of benzene rings is 1. The molecular weight excluding hydrogens is 310 g/mol. The molecule has 0 radical (unpaired) electrons. The zero-order valence-corrected chi connectivity index (χ0v) is 12.7. The number of nitrogens with zero attached hydrogens (tertiary/aromatic N) is 2. The van der Waals surface area contributed by atoms with Gasteiger partial charge in [-0.15, -0.1) is 0 Å². The number of aromatic nitrogens is 2. The lowest BCUT2D eigenvalue weighted by molar-refractivity contribution is 0.384. The van der Waals surface area contributed by atoms with Gasteiger partial charge in [0.15, 0.2) is 5.82 Å². The molecule has 2 aromatic rings. The second-order valence-electron chi connectivity index (χ2n) is 4.23. The fourth-order valence-corrected chi connectivity index (χ4v) is 2.29. The molecule has 5 nitrogen and oxygen atoms in total. The van der Waals surface area contributed by atoms with Crippen LogP contribution in [0.15, 0.2) is 27.2 Å². The molecule has 0 bridgehead atoms. The topological polar surface area (TPSA) is 60.2 Å². The molecule has 19 heavy (non-hydrogen) atoms. The zero-order valence-electron chi connectivity index (χ0n) is 11.1. The van der Waals surface area contributed by atoms with Crippen molar-refractivity contribution in [1.82, 2.24) is 15.5 Å². The third-order valence-electron chi connectivity index (χ3n) is 2.81. The van der Waals surface area contributed by atoms with E-state index in [4.69, 9.17) is 9.26 Å². The molecule has 2 rings (SSSR count).